The molecule has 2 fully saturated rings. The Balaban J connectivity index is 1.66. The lowest BCUT2D eigenvalue weighted by molar-refractivity contribution is -0.117. The molecule has 3 N–H and O–H groups in total. The normalized spacial score (nSPS) is 32.0. The van der Waals surface area contributed by atoms with Crippen LogP contribution in [0.2, 0.25) is 0 Å². The van der Waals surface area contributed by atoms with E-state index in [9.17, 15) is 4.79 Å². The van der Waals surface area contributed by atoms with E-state index in [1.807, 2.05) is 18.2 Å². The number of rotatable bonds is 5. The second-order valence-corrected chi connectivity index (χ2v) is 9.14. The highest BCUT2D eigenvalue weighted by molar-refractivity contribution is 9.09. The van der Waals surface area contributed by atoms with Crippen molar-refractivity contribution in [3.05, 3.63) is 29.8 Å². The van der Waals surface area contributed by atoms with Crippen LogP contribution in [0, 0.1) is 5.92 Å². The summed E-state index contributed by atoms with van der Waals surface area (Å²) in [6.07, 6.45) is 0.456. The van der Waals surface area contributed by atoms with Crippen LogP contribution in [0.3, 0.4) is 0 Å². The lowest BCUT2D eigenvalue weighted by atomic mass is 9.99. The van der Waals surface area contributed by atoms with Crippen molar-refractivity contribution in [1.29, 1.82) is 0 Å². The van der Waals surface area contributed by atoms with E-state index >= 15 is 0 Å². The van der Waals surface area contributed by atoms with E-state index in [1.54, 1.807) is 0 Å². The van der Waals surface area contributed by atoms with E-state index < -0.39 is 0 Å². The zero-order valence-corrected chi connectivity index (χ0v) is 18.1. The molecule has 2 aliphatic rings. The number of ether oxygens (including phenoxy) is 1. The number of morpholine rings is 1. The smallest absolute Gasteiger partial charge is 0.244 e. The second-order valence-electron chi connectivity index (χ2n) is 8.08. The summed E-state index contributed by atoms with van der Waals surface area (Å²) in [5.74, 6) is 0.404. The van der Waals surface area contributed by atoms with Crippen molar-refractivity contribution in [2.75, 3.05) is 18.4 Å². The Morgan fingerprint density at radius 3 is 2.56 bits per heavy atom. The van der Waals surface area contributed by atoms with Gasteiger partial charge in [-0.15, -0.1) is 0 Å². The zero-order valence-electron chi connectivity index (χ0n) is 16.5. The minimum absolute atomic E-state index is 0.0244. The molecule has 6 nitrogen and oxygen atoms in total. The number of benzene rings is 1. The molecule has 27 heavy (non-hydrogen) atoms. The van der Waals surface area contributed by atoms with Crippen LogP contribution in [-0.4, -0.2) is 53.0 Å². The average Bonchev–Trinajstić information content (AvgIpc) is 2.97. The molecule has 3 rings (SSSR count). The molecule has 0 aliphatic carbocycles. The summed E-state index contributed by atoms with van der Waals surface area (Å²) >= 11 is 3.69. The van der Waals surface area contributed by atoms with E-state index in [2.05, 4.69) is 70.8 Å². The summed E-state index contributed by atoms with van der Waals surface area (Å²) in [7, 11) is 0. The summed E-state index contributed by atoms with van der Waals surface area (Å²) in [4.78, 5) is 15.3. The molecule has 2 saturated heterocycles. The van der Waals surface area contributed by atoms with E-state index in [1.165, 1.54) is 0 Å². The van der Waals surface area contributed by atoms with Crippen molar-refractivity contribution in [3.8, 4) is 0 Å². The quantitative estimate of drug-likeness (QED) is 0.616. The fourth-order valence-electron chi connectivity index (χ4n) is 3.94. The van der Waals surface area contributed by atoms with Gasteiger partial charge in [0.05, 0.1) is 17.0 Å². The topological polar surface area (TPSA) is 65.6 Å². The summed E-state index contributed by atoms with van der Waals surface area (Å²) in [5.41, 5.74) is 8.37. The highest BCUT2D eigenvalue weighted by Gasteiger charge is 2.39. The third kappa shape index (κ3) is 5.09. The number of nitrogens with one attached hydrogen (secondary N) is 3. The van der Waals surface area contributed by atoms with Gasteiger partial charge in [-0.1, -0.05) is 48.0 Å². The third-order valence-electron chi connectivity index (χ3n) is 5.23. The maximum absolute atomic E-state index is 12.9. The van der Waals surface area contributed by atoms with Crippen LogP contribution in [0.5, 0.6) is 0 Å². The Labute approximate surface area is 170 Å². The molecule has 1 aromatic rings. The van der Waals surface area contributed by atoms with Crippen molar-refractivity contribution >= 4 is 27.5 Å². The number of carbonyl (C=O) groups excluding carboxylic acids is 1. The first kappa shape index (κ1) is 20.7. The summed E-state index contributed by atoms with van der Waals surface area (Å²) in [5, 5.41) is 3.13. The number of anilines is 1. The molecule has 0 saturated carbocycles. The van der Waals surface area contributed by atoms with Crippen LogP contribution in [0.25, 0.3) is 0 Å². The Kier molecular flexibility index (Phi) is 6.92. The standard InChI is InChI=1S/C20H31BrN4O2/c1-12(2)18-17(21)19(24-23-18)20(26)22-16-8-6-5-7-15(16)11-25-9-13(3)27-14(4)10-25/h5-8,12-14,17-19,23-24H,9-11H2,1-4H3,(H,22,26). The van der Waals surface area contributed by atoms with E-state index in [-0.39, 0.29) is 35.0 Å². The number of hydrogen-bond acceptors (Lipinski definition) is 5. The van der Waals surface area contributed by atoms with Crippen LogP contribution < -0.4 is 16.2 Å². The van der Waals surface area contributed by atoms with Gasteiger partial charge in [-0.05, 0) is 31.4 Å². The first-order chi connectivity index (χ1) is 12.8. The molecule has 2 heterocycles. The number of para-hydroxylation sites is 1. The lowest BCUT2D eigenvalue weighted by Crippen LogP contribution is -2.45. The molecule has 5 atom stereocenters. The molecular weight excluding hydrogens is 408 g/mol. The van der Waals surface area contributed by atoms with Crippen LogP contribution in [-0.2, 0) is 16.1 Å². The molecule has 7 heteroatoms. The molecule has 1 amide bonds. The van der Waals surface area contributed by atoms with E-state index in [4.69, 9.17) is 4.74 Å². The van der Waals surface area contributed by atoms with Crippen LogP contribution in [0.15, 0.2) is 24.3 Å². The number of halogens is 1. The van der Waals surface area contributed by atoms with Gasteiger partial charge in [0.25, 0.3) is 0 Å². The van der Waals surface area contributed by atoms with Gasteiger partial charge in [-0.2, -0.15) is 0 Å². The van der Waals surface area contributed by atoms with Crippen molar-refractivity contribution < 1.29 is 9.53 Å². The lowest BCUT2D eigenvalue weighted by Gasteiger charge is -2.35. The van der Waals surface area contributed by atoms with Gasteiger partial charge < -0.3 is 10.1 Å². The first-order valence-corrected chi connectivity index (χ1v) is 10.7. The second kappa shape index (κ2) is 9.01. The predicted octanol–water partition coefficient (Wildman–Crippen LogP) is 2.50. The molecule has 5 unspecified atom stereocenters. The number of amides is 1. The van der Waals surface area contributed by atoms with E-state index in [0.717, 1.165) is 30.9 Å². The monoisotopic (exact) mass is 438 g/mol. The summed E-state index contributed by atoms with van der Waals surface area (Å²) in [6.45, 7) is 11.1. The Hall–Kier alpha value is -0.990. The third-order valence-corrected chi connectivity index (χ3v) is 6.33. The van der Waals surface area contributed by atoms with Gasteiger partial charge >= 0.3 is 0 Å². The molecule has 0 radical (unpaired) electrons. The minimum atomic E-state index is -0.311. The maximum Gasteiger partial charge on any atom is 0.244 e. The predicted molar refractivity (Wildman–Crippen MR) is 112 cm³/mol. The van der Waals surface area contributed by atoms with Gasteiger partial charge in [0.15, 0.2) is 0 Å². The van der Waals surface area contributed by atoms with Gasteiger partial charge in [0.1, 0.15) is 6.04 Å². The zero-order chi connectivity index (χ0) is 19.6. The fourth-order valence-corrected chi connectivity index (χ4v) is 5.06. The minimum Gasteiger partial charge on any atom is -0.373 e. The van der Waals surface area contributed by atoms with Gasteiger partial charge in [-0.25, -0.2) is 5.43 Å². The number of nitrogens with zero attached hydrogens (tertiary/aromatic N) is 1. The van der Waals surface area contributed by atoms with Crippen LogP contribution >= 0.6 is 15.9 Å². The molecule has 150 valence electrons. The molecule has 0 bridgehead atoms. The first-order valence-electron chi connectivity index (χ1n) is 9.77. The summed E-state index contributed by atoms with van der Waals surface area (Å²) in [6, 6.07) is 7.96. The van der Waals surface area contributed by atoms with E-state index in [0.29, 0.717) is 5.92 Å². The number of hydrazine groups is 1. The van der Waals surface area contributed by atoms with Crippen molar-refractivity contribution in [2.24, 2.45) is 5.92 Å². The molecule has 1 aromatic carbocycles. The van der Waals surface area contributed by atoms with Gasteiger partial charge in [0.2, 0.25) is 5.91 Å². The van der Waals surface area contributed by atoms with Crippen LogP contribution in [0.4, 0.5) is 5.69 Å². The molecule has 0 aromatic heterocycles. The number of carbonyl (C=O) groups is 1. The SMILES string of the molecule is CC1CN(Cc2ccccc2NC(=O)C2NNC(C(C)C)C2Br)CC(C)O1. The Bertz CT molecular complexity index is 647. The molecular formula is C20H31BrN4O2. The van der Waals surface area contributed by atoms with Crippen molar-refractivity contribution in [3.63, 3.8) is 0 Å². The number of hydrogen-bond donors (Lipinski definition) is 3. The van der Waals surface area contributed by atoms with Crippen molar-refractivity contribution in [2.45, 2.75) is 63.4 Å². The average molecular weight is 439 g/mol. The summed E-state index contributed by atoms with van der Waals surface area (Å²) < 4.78 is 5.83. The maximum atomic E-state index is 12.9. The highest BCUT2D eigenvalue weighted by atomic mass is 79.9. The molecule has 0 spiro atoms. The van der Waals surface area contributed by atoms with Gasteiger partial charge in [0, 0.05) is 31.4 Å². The Morgan fingerprint density at radius 1 is 1.26 bits per heavy atom. The molecule has 2 aliphatic heterocycles. The highest BCUT2D eigenvalue weighted by Crippen LogP contribution is 2.24. The largest absolute Gasteiger partial charge is 0.373 e. The van der Waals surface area contributed by atoms with Gasteiger partial charge in [-0.3, -0.25) is 15.1 Å². The fraction of sp³-hybridized carbons (Fsp3) is 0.650. The van der Waals surface area contributed by atoms with Crippen LogP contribution in [0.1, 0.15) is 33.3 Å². The number of alkyl halides is 1. The Morgan fingerprint density at radius 2 is 1.93 bits per heavy atom. The van der Waals surface area contributed by atoms with Crippen molar-refractivity contribution in [1.82, 2.24) is 15.8 Å².